The standard InChI is InChI=1S/C16H21N5O/c1-2-19-8-10-20(11-9-19)16(22)12-15-13-17-18-21(15)14-6-4-3-5-7-14/h3-7,13H,2,8-12H2,1H3. The number of rotatable bonds is 4. The number of nitrogens with zero attached hydrogens (tertiary/aromatic N) is 5. The molecule has 2 aromatic rings. The Morgan fingerprint density at radius 2 is 1.86 bits per heavy atom. The molecule has 0 aliphatic carbocycles. The number of carbonyl (C=O) groups excluding carboxylic acids is 1. The molecule has 0 spiro atoms. The van der Waals surface area contributed by atoms with Crippen LogP contribution in [0.1, 0.15) is 12.6 Å². The van der Waals surface area contributed by atoms with Crippen molar-refractivity contribution in [3.05, 3.63) is 42.2 Å². The first-order chi connectivity index (χ1) is 10.8. The molecule has 22 heavy (non-hydrogen) atoms. The molecule has 1 aromatic heterocycles. The number of para-hydroxylation sites is 1. The summed E-state index contributed by atoms with van der Waals surface area (Å²) in [5.74, 6) is 0.148. The van der Waals surface area contributed by atoms with E-state index in [9.17, 15) is 4.79 Å². The van der Waals surface area contributed by atoms with Crippen LogP contribution in [0.4, 0.5) is 0 Å². The Balaban J connectivity index is 1.67. The molecule has 3 rings (SSSR count). The molecule has 0 radical (unpaired) electrons. The van der Waals surface area contributed by atoms with Gasteiger partial charge in [-0.1, -0.05) is 30.3 Å². The summed E-state index contributed by atoms with van der Waals surface area (Å²) in [5, 5.41) is 8.05. The number of piperazine rings is 1. The molecule has 1 amide bonds. The fraction of sp³-hybridized carbons (Fsp3) is 0.438. The van der Waals surface area contributed by atoms with Crippen molar-refractivity contribution in [2.45, 2.75) is 13.3 Å². The summed E-state index contributed by atoms with van der Waals surface area (Å²) < 4.78 is 1.74. The summed E-state index contributed by atoms with van der Waals surface area (Å²) in [6.45, 7) is 6.73. The summed E-state index contributed by atoms with van der Waals surface area (Å²) in [6.07, 6.45) is 2.02. The van der Waals surface area contributed by atoms with E-state index in [0.29, 0.717) is 6.42 Å². The van der Waals surface area contributed by atoms with E-state index in [1.807, 2.05) is 35.2 Å². The summed E-state index contributed by atoms with van der Waals surface area (Å²) in [4.78, 5) is 16.8. The van der Waals surface area contributed by atoms with E-state index in [2.05, 4.69) is 22.1 Å². The molecule has 1 saturated heterocycles. The minimum Gasteiger partial charge on any atom is -0.340 e. The average Bonchev–Trinajstić information content (AvgIpc) is 3.04. The van der Waals surface area contributed by atoms with Gasteiger partial charge in [-0.05, 0) is 18.7 Å². The molecule has 1 aromatic carbocycles. The zero-order chi connectivity index (χ0) is 15.4. The molecular weight excluding hydrogens is 278 g/mol. The highest BCUT2D eigenvalue weighted by atomic mass is 16.2. The van der Waals surface area contributed by atoms with Gasteiger partial charge in [0.2, 0.25) is 5.91 Å². The van der Waals surface area contributed by atoms with Gasteiger partial charge >= 0.3 is 0 Å². The normalized spacial score (nSPS) is 16.0. The fourth-order valence-electron chi connectivity index (χ4n) is 2.74. The van der Waals surface area contributed by atoms with Gasteiger partial charge in [0.15, 0.2) is 0 Å². The minimum absolute atomic E-state index is 0.148. The van der Waals surface area contributed by atoms with Gasteiger partial charge in [-0.25, -0.2) is 4.68 Å². The molecule has 6 heteroatoms. The molecule has 2 heterocycles. The summed E-state index contributed by atoms with van der Waals surface area (Å²) in [5.41, 5.74) is 1.76. The largest absolute Gasteiger partial charge is 0.340 e. The molecular formula is C16H21N5O. The molecule has 0 bridgehead atoms. The second kappa shape index (κ2) is 6.70. The van der Waals surface area contributed by atoms with Crippen molar-refractivity contribution < 1.29 is 4.79 Å². The lowest BCUT2D eigenvalue weighted by Gasteiger charge is -2.34. The highest BCUT2D eigenvalue weighted by Gasteiger charge is 2.21. The Morgan fingerprint density at radius 1 is 1.14 bits per heavy atom. The van der Waals surface area contributed by atoms with E-state index >= 15 is 0 Å². The van der Waals surface area contributed by atoms with Crippen molar-refractivity contribution in [2.75, 3.05) is 32.7 Å². The van der Waals surface area contributed by atoms with Crippen LogP contribution in [-0.2, 0) is 11.2 Å². The molecule has 0 N–H and O–H groups in total. The maximum Gasteiger partial charge on any atom is 0.228 e. The highest BCUT2D eigenvalue weighted by molar-refractivity contribution is 5.78. The first kappa shape index (κ1) is 14.7. The predicted molar refractivity (Wildman–Crippen MR) is 83.8 cm³/mol. The van der Waals surface area contributed by atoms with E-state index in [4.69, 9.17) is 0 Å². The number of amides is 1. The van der Waals surface area contributed by atoms with E-state index in [1.54, 1.807) is 10.9 Å². The van der Waals surface area contributed by atoms with Crippen molar-refractivity contribution in [3.63, 3.8) is 0 Å². The van der Waals surface area contributed by atoms with E-state index in [0.717, 1.165) is 44.1 Å². The minimum atomic E-state index is 0.148. The number of benzene rings is 1. The SMILES string of the molecule is CCN1CCN(C(=O)Cc2cnnn2-c2ccccc2)CC1. The predicted octanol–water partition coefficient (Wildman–Crippen LogP) is 0.974. The van der Waals surface area contributed by atoms with Crippen LogP contribution in [0.5, 0.6) is 0 Å². The van der Waals surface area contributed by atoms with E-state index in [-0.39, 0.29) is 5.91 Å². The lowest BCUT2D eigenvalue weighted by atomic mass is 10.2. The quantitative estimate of drug-likeness (QED) is 0.844. The third-order valence-electron chi connectivity index (χ3n) is 4.13. The van der Waals surface area contributed by atoms with Gasteiger partial charge in [0, 0.05) is 26.2 Å². The molecule has 1 fully saturated rings. The Bertz CT molecular complexity index is 616. The van der Waals surface area contributed by atoms with Gasteiger partial charge in [-0.3, -0.25) is 4.79 Å². The molecule has 0 atom stereocenters. The Morgan fingerprint density at radius 3 is 2.55 bits per heavy atom. The molecule has 1 aliphatic rings. The highest BCUT2D eigenvalue weighted by Crippen LogP contribution is 2.11. The van der Waals surface area contributed by atoms with Gasteiger partial charge in [-0.2, -0.15) is 0 Å². The third kappa shape index (κ3) is 3.17. The summed E-state index contributed by atoms with van der Waals surface area (Å²) in [7, 11) is 0. The van der Waals surface area contributed by atoms with Gasteiger partial charge in [0.25, 0.3) is 0 Å². The van der Waals surface area contributed by atoms with Crippen LogP contribution >= 0.6 is 0 Å². The number of likely N-dealkylation sites (N-methyl/N-ethyl adjacent to an activating group) is 1. The first-order valence-electron chi connectivity index (χ1n) is 7.73. The maximum atomic E-state index is 12.5. The van der Waals surface area contributed by atoms with Gasteiger partial charge in [0.05, 0.1) is 24.0 Å². The van der Waals surface area contributed by atoms with Crippen LogP contribution in [0.15, 0.2) is 36.5 Å². The van der Waals surface area contributed by atoms with Crippen LogP contribution in [0.3, 0.4) is 0 Å². The smallest absolute Gasteiger partial charge is 0.228 e. The van der Waals surface area contributed by atoms with Gasteiger partial charge in [0.1, 0.15) is 0 Å². The Kier molecular flexibility index (Phi) is 4.48. The molecule has 1 aliphatic heterocycles. The fourth-order valence-corrected chi connectivity index (χ4v) is 2.74. The second-order valence-electron chi connectivity index (χ2n) is 5.46. The average molecular weight is 299 g/mol. The molecule has 0 unspecified atom stereocenters. The van der Waals surface area contributed by atoms with Crippen LogP contribution in [-0.4, -0.2) is 63.4 Å². The first-order valence-corrected chi connectivity index (χ1v) is 7.73. The third-order valence-corrected chi connectivity index (χ3v) is 4.13. The van der Waals surface area contributed by atoms with Crippen molar-refractivity contribution in [1.82, 2.24) is 24.8 Å². The van der Waals surface area contributed by atoms with Crippen LogP contribution in [0.2, 0.25) is 0 Å². The van der Waals surface area contributed by atoms with Crippen molar-refractivity contribution >= 4 is 5.91 Å². The van der Waals surface area contributed by atoms with Gasteiger partial charge in [-0.15, -0.1) is 5.10 Å². The lowest BCUT2D eigenvalue weighted by molar-refractivity contribution is -0.132. The topological polar surface area (TPSA) is 54.3 Å². The molecule has 6 nitrogen and oxygen atoms in total. The van der Waals surface area contributed by atoms with E-state index in [1.165, 1.54) is 0 Å². The van der Waals surface area contributed by atoms with Gasteiger partial charge < -0.3 is 9.80 Å². The van der Waals surface area contributed by atoms with Crippen molar-refractivity contribution in [3.8, 4) is 5.69 Å². The zero-order valence-corrected chi connectivity index (χ0v) is 12.9. The zero-order valence-electron chi connectivity index (χ0n) is 12.9. The van der Waals surface area contributed by atoms with E-state index < -0.39 is 0 Å². The Labute approximate surface area is 130 Å². The van der Waals surface area contributed by atoms with Crippen LogP contribution < -0.4 is 0 Å². The maximum absolute atomic E-state index is 12.5. The van der Waals surface area contributed by atoms with Crippen LogP contribution in [0.25, 0.3) is 5.69 Å². The monoisotopic (exact) mass is 299 g/mol. The summed E-state index contributed by atoms with van der Waals surface area (Å²) >= 11 is 0. The molecule has 116 valence electrons. The number of carbonyl (C=O) groups is 1. The lowest BCUT2D eigenvalue weighted by Crippen LogP contribution is -2.49. The number of hydrogen-bond donors (Lipinski definition) is 0. The second-order valence-corrected chi connectivity index (χ2v) is 5.46. The van der Waals surface area contributed by atoms with Crippen molar-refractivity contribution in [2.24, 2.45) is 0 Å². The number of hydrogen-bond acceptors (Lipinski definition) is 4. The number of aromatic nitrogens is 3. The Hall–Kier alpha value is -2.21. The summed E-state index contributed by atoms with van der Waals surface area (Å²) in [6, 6.07) is 9.78. The van der Waals surface area contributed by atoms with Crippen LogP contribution in [0, 0.1) is 0 Å². The van der Waals surface area contributed by atoms with Crippen molar-refractivity contribution in [1.29, 1.82) is 0 Å². The molecule has 0 saturated carbocycles.